The Bertz CT molecular complexity index is 457. The van der Waals surface area contributed by atoms with Gasteiger partial charge in [-0.25, -0.2) is 0 Å². The molecular formula is C12H12ClNO3. The van der Waals surface area contributed by atoms with E-state index in [1.54, 1.807) is 24.3 Å². The van der Waals surface area contributed by atoms with Crippen molar-refractivity contribution < 1.29 is 9.72 Å². The highest BCUT2D eigenvalue weighted by Crippen LogP contribution is 2.37. The number of hydrogen-bond acceptors (Lipinski definition) is 3. The van der Waals surface area contributed by atoms with Crippen molar-refractivity contribution in [2.24, 2.45) is 0 Å². The monoisotopic (exact) mass is 253 g/mol. The smallest absolute Gasteiger partial charge is 0.291 e. The molecule has 4 nitrogen and oxygen atoms in total. The van der Waals surface area contributed by atoms with Gasteiger partial charge in [-0.3, -0.25) is 14.9 Å². The maximum absolute atomic E-state index is 12.0. The zero-order chi connectivity index (χ0) is 12.5. The summed E-state index contributed by atoms with van der Waals surface area (Å²) < 4.78 is 0. The van der Waals surface area contributed by atoms with Crippen molar-refractivity contribution >= 4 is 17.4 Å². The molecule has 0 N–H and O–H groups in total. The van der Waals surface area contributed by atoms with E-state index in [1.807, 2.05) is 0 Å². The van der Waals surface area contributed by atoms with Crippen LogP contribution in [0.5, 0.6) is 0 Å². The lowest BCUT2D eigenvalue weighted by atomic mass is 9.76. The summed E-state index contributed by atoms with van der Waals surface area (Å²) >= 11 is 5.76. The normalized spacial score (nSPS) is 24.6. The van der Waals surface area contributed by atoms with Crippen LogP contribution in [-0.4, -0.2) is 10.7 Å². The molecule has 2 rings (SSSR count). The highest BCUT2D eigenvalue weighted by atomic mass is 35.5. The summed E-state index contributed by atoms with van der Waals surface area (Å²) in [4.78, 5) is 22.8. The molecule has 0 spiro atoms. The fourth-order valence-corrected chi connectivity index (χ4v) is 2.47. The van der Waals surface area contributed by atoms with Crippen LogP contribution >= 0.6 is 11.6 Å². The molecule has 0 radical (unpaired) electrons. The first-order valence-corrected chi connectivity index (χ1v) is 5.89. The van der Waals surface area contributed by atoms with Gasteiger partial charge in [0.15, 0.2) is 0 Å². The number of rotatable bonds is 2. The maximum atomic E-state index is 12.0. The molecule has 1 aliphatic carbocycles. The lowest BCUT2D eigenvalue weighted by molar-refractivity contribution is -0.563. The molecule has 0 heterocycles. The number of carbonyl (C=O) groups is 1. The Morgan fingerprint density at radius 2 is 1.88 bits per heavy atom. The minimum absolute atomic E-state index is 0.278. The van der Waals surface area contributed by atoms with E-state index in [4.69, 9.17) is 11.6 Å². The lowest BCUT2D eigenvalue weighted by Gasteiger charge is -2.27. The summed E-state index contributed by atoms with van der Waals surface area (Å²) in [6.07, 6.45) is 2.00. The van der Waals surface area contributed by atoms with Gasteiger partial charge < -0.3 is 0 Å². The number of hydrogen-bond donors (Lipinski definition) is 0. The van der Waals surface area contributed by atoms with Crippen LogP contribution in [0.3, 0.4) is 0 Å². The van der Waals surface area contributed by atoms with E-state index in [0.717, 1.165) is 6.42 Å². The average Bonchev–Trinajstić information content (AvgIpc) is 2.31. The first-order valence-electron chi connectivity index (χ1n) is 5.51. The van der Waals surface area contributed by atoms with Gasteiger partial charge in [-0.1, -0.05) is 11.6 Å². The number of benzene rings is 1. The van der Waals surface area contributed by atoms with Crippen LogP contribution in [-0.2, 0) is 10.3 Å². The Hall–Kier alpha value is -1.42. The first-order chi connectivity index (χ1) is 8.07. The molecule has 1 unspecified atom stereocenters. The van der Waals surface area contributed by atoms with Crippen LogP contribution in [0.1, 0.15) is 31.2 Å². The Labute approximate surface area is 104 Å². The molecule has 0 aliphatic heterocycles. The van der Waals surface area contributed by atoms with Crippen LogP contribution in [0.4, 0.5) is 0 Å². The van der Waals surface area contributed by atoms with Crippen molar-refractivity contribution in [3.8, 4) is 0 Å². The first kappa shape index (κ1) is 12.0. The van der Waals surface area contributed by atoms with E-state index in [1.165, 1.54) is 0 Å². The predicted octanol–water partition coefficient (Wildman–Crippen LogP) is 2.96. The van der Waals surface area contributed by atoms with Crippen molar-refractivity contribution in [1.29, 1.82) is 0 Å². The zero-order valence-corrected chi connectivity index (χ0v) is 9.94. The molecule has 1 saturated carbocycles. The van der Waals surface area contributed by atoms with E-state index in [-0.39, 0.29) is 18.6 Å². The van der Waals surface area contributed by atoms with Gasteiger partial charge in [-0.2, -0.15) is 0 Å². The molecule has 17 heavy (non-hydrogen) atoms. The molecule has 0 saturated heterocycles. The van der Waals surface area contributed by atoms with Gasteiger partial charge >= 0.3 is 5.54 Å². The van der Waals surface area contributed by atoms with E-state index in [2.05, 4.69) is 0 Å². The predicted molar refractivity (Wildman–Crippen MR) is 63.6 cm³/mol. The Kier molecular flexibility index (Phi) is 3.15. The number of nitrogens with zero attached hydrogens (tertiary/aromatic N) is 1. The minimum atomic E-state index is -1.55. The summed E-state index contributed by atoms with van der Waals surface area (Å²) in [6, 6.07) is 6.33. The van der Waals surface area contributed by atoms with Gasteiger partial charge in [-0.05, 0) is 37.1 Å². The molecule has 1 atom stereocenters. The van der Waals surface area contributed by atoms with Gasteiger partial charge in [0.25, 0.3) is 0 Å². The molecule has 0 amide bonds. The Morgan fingerprint density at radius 1 is 1.24 bits per heavy atom. The Morgan fingerprint density at radius 3 is 2.41 bits per heavy atom. The third kappa shape index (κ3) is 1.93. The second-order valence-corrected chi connectivity index (χ2v) is 4.69. The highest BCUT2D eigenvalue weighted by molar-refractivity contribution is 6.30. The van der Waals surface area contributed by atoms with Crippen LogP contribution in [0.25, 0.3) is 0 Å². The van der Waals surface area contributed by atoms with E-state index >= 15 is 0 Å². The molecular weight excluding hydrogens is 242 g/mol. The summed E-state index contributed by atoms with van der Waals surface area (Å²) in [7, 11) is 0. The third-order valence-corrected chi connectivity index (χ3v) is 3.54. The van der Waals surface area contributed by atoms with E-state index in [9.17, 15) is 14.9 Å². The van der Waals surface area contributed by atoms with Crippen molar-refractivity contribution in [3.05, 3.63) is 45.0 Å². The van der Waals surface area contributed by atoms with Gasteiger partial charge in [0.05, 0.1) is 0 Å². The van der Waals surface area contributed by atoms with Gasteiger partial charge in [0.2, 0.25) is 5.78 Å². The molecule has 1 aromatic carbocycles. The number of carbonyl (C=O) groups excluding carboxylic acids is 1. The quantitative estimate of drug-likeness (QED) is 0.601. The van der Waals surface area contributed by atoms with E-state index < -0.39 is 10.5 Å². The van der Waals surface area contributed by atoms with Crippen molar-refractivity contribution in [2.75, 3.05) is 0 Å². The Balaban J connectivity index is 2.50. The van der Waals surface area contributed by atoms with Crippen molar-refractivity contribution in [1.82, 2.24) is 0 Å². The van der Waals surface area contributed by atoms with Crippen LogP contribution < -0.4 is 0 Å². The van der Waals surface area contributed by atoms with Crippen LogP contribution in [0, 0.1) is 10.1 Å². The number of halogens is 1. The highest BCUT2D eigenvalue weighted by Gasteiger charge is 2.52. The summed E-state index contributed by atoms with van der Waals surface area (Å²) in [6.45, 7) is 0. The second kappa shape index (κ2) is 4.45. The topological polar surface area (TPSA) is 60.2 Å². The minimum Gasteiger partial charge on any atom is -0.291 e. The molecule has 0 aromatic heterocycles. The van der Waals surface area contributed by atoms with E-state index in [0.29, 0.717) is 17.0 Å². The molecule has 1 fully saturated rings. The number of Topliss-reactive ketones (excluding diaryl/α,β-unsaturated/α-hetero) is 1. The van der Waals surface area contributed by atoms with Gasteiger partial charge in [0, 0.05) is 28.4 Å². The van der Waals surface area contributed by atoms with Crippen molar-refractivity contribution in [2.45, 2.75) is 31.2 Å². The molecule has 0 bridgehead atoms. The molecule has 1 aliphatic rings. The number of ketones is 1. The lowest BCUT2D eigenvalue weighted by Crippen LogP contribution is -2.45. The van der Waals surface area contributed by atoms with Crippen LogP contribution in [0.2, 0.25) is 5.02 Å². The van der Waals surface area contributed by atoms with Gasteiger partial charge in [-0.15, -0.1) is 0 Å². The second-order valence-electron chi connectivity index (χ2n) is 4.25. The fourth-order valence-electron chi connectivity index (χ4n) is 2.34. The number of nitro groups is 1. The maximum Gasteiger partial charge on any atom is 0.304 e. The largest absolute Gasteiger partial charge is 0.304 e. The molecule has 90 valence electrons. The SMILES string of the molecule is O=C1CCCCC1(c1ccc(Cl)cc1)[N+](=O)[O-]. The zero-order valence-electron chi connectivity index (χ0n) is 9.19. The van der Waals surface area contributed by atoms with Crippen molar-refractivity contribution in [3.63, 3.8) is 0 Å². The summed E-state index contributed by atoms with van der Waals surface area (Å²) in [5.74, 6) is -0.295. The third-order valence-electron chi connectivity index (χ3n) is 3.29. The van der Waals surface area contributed by atoms with Crippen LogP contribution in [0.15, 0.2) is 24.3 Å². The summed E-state index contributed by atoms with van der Waals surface area (Å²) in [5, 5.41) is 11.8. The fraction of sp³-hybridized carbons (Fsp3) is 0.417. The summed E-state index contributed by atoms with van der Waals surface area (Å²) in [5.41, 5.74) is -1.11. The average molecular weight is 254 g/mol. The van der Waals surface area contributed by atoms with Gasteiger partial charge in [0.1, 0.15) is 0 Å². The molecule has 1 aromatic rings. The molecule has 5 heteroatoms. The standard InChI is InChI=1S/C12H12ClNO3/c13-10-6-4-9(5-7-10)12(14(16)17)8-2-1-3-11(12)15/h4-7H,1-3,8H2.